The molecule has 0 nitrogen and oxygen atoms in total. The van der Waals surface area contributed by atoms with E-state index in [4.69, 9.17) is 0 Å². The van der Waals surface area contributed by atoms with Crippen LogP contribution in [0.5, 0.6) is 0 Å². The molecule has 0 heteroatoms. The van der Waals surface area contributed by atoms with Crippen LogP contribution in [0.4, 0.5) is 0 Å². The lowest BCUT2D eigenvalue weighted by atomic mass is 9.46. The molecule has 0 amide bonds. The molecule has 0 spiro atoms. The van der Waals surface area contributed by atoms with Gasteiger partial charge in [-0.3, -0.25) is 0 Å². The smallest absolute Gasteiger partial charge is 0.00621 e. The van der Waals surface area contributed by atoms with E-state index in [1.54, 1.807) is 5.57 Å². The molecule has 0 bridgehead atoms. The molecule has 1 fully saturated rings. The average Bonchev–Trinajstić information content (AvgIpc) is 2.26. The summed E-state index contributed by atoms with van der Waals surface area (Å²) in [5.41, 5.74) is 2.80. The lowest BCUT2D eigenvalue weighted by molar-refractivity contribution is 0.0158. The van der Waals surface area contributed by atoms with E-state index in [9.17, 15) is 0 Å². The van der Waals surface area contributed by atoms with Crippen LogP contribution in [0.1, 0.15) is 73.1 Å². The SMILES string of the molecule is CCCCC=C1CC(C)(CC)C1(C)CC. The van der Waals surface area contributed by atoms with Crippen LogP contribution in [0.25, 0.3) is 0 Å². The molecule has 2 atom stereocenters. The van der Waals surface area contributed by atoms with Crippen molar-refractivity contribution in [1.29, 1.82) is 0 Å². The van der Waals surface area contributed by atoms with Crippen molar-refractivity contribution in [3.05, 3.63) is 11.6 Å². The number of unbranched alkanes of at least 4 members (excludes halogenated alkanes) is 2. The molecule has 1 aliphatic carbocycles. The average molecular weight is 208 g/mol. The molecule has 0 heterocycles. The standard InChI is InChI=1S/C15H28/c1-6-9-10-11-13-12-14(4,7-2)15(13,5)8-3/h11H,6-10,12H2,1-5H3. The summed E-state index contributed by atoms with van der Waals surface area (Å²) in [5, 5.41) is 0. The third-order valence-corrected chi connectivity index (χ3v) is 5.06. The van der Waals surface area contributed by atoms with Crippen molar-refractivity contribution in [2.24, 2.45) is 10.8 Å². The van der Waals surface area contributed by atoms with E-state index >= 15 is 0 Å². The fraction of sp³-hybridized carbons (Fsp3) is 0.867. The molecule has 1 aliphatic rings. The van der Waals surface area contributed by atoms with Gasteiger partial charge in [0.15, 0.2) is 0 Å². The van der Waals surface area contributed by atoms with Crippen molar-refractivity contribution in [1.82, 2.24) is 0 Å². The third-order valence-electron chi connectivity index (χ3n) is 5.06. The first-order valence-electron chi connectivity index (χ1n) is 6.73. The Hall–Kier alpha value is -0.260. The fourth-order valence-electron chi connectivity index (χ4n) is 3.04. The van der Waals surface area contributed by atoms with E-state index in [1.807, 2.05) is 0 Å². The van der Waals surface area contributed by atoms with E-state index < -0.39 is 0 Å². The van der Waals surface area contributed by atoms with E-state index in [-0.39, 0.29) is 0 Å². The topological polar surface area (TPSA) is 0 Å². The van der Waals surface area contributed by atoms with E-state index in [2.05, 4.69) is 40.7 Å². The maximum atomic E-state index is 2.53. The van der Waals surface area contributed by atoms with Gasteiger partial charge >= 0.3 is 0 Å². The normalized spacial score (nSPS) is 38.1. The summed E-state index contributed by atoms with van der Waals surface area (Å²) in [5.74, 6) is 0. The zero-order valence-corrected chi connectivity index (χ0v) is 11.3. The molecule has 1 rings (SSSR count). The van der Waals surface area contributed by atoms with Crippen LogP contribution < -0.4 is 0 Å². The first kappa shape index (κ1) is 12.8. The molecule has 15 heavy (non-hydrogen) atoms. The quantitative estimate of drug-likeness (QED) is 0.422. The van der Waals surface area contributed by atoms with Gasteiger partial charge < -0.3 is 0 Å². The summed E-state index contributed by atoms with van der Waals surface area (Å²) in [7, 11) is 0. The minimum Gasteiger partial charge on any atom is -0.0847 e. The second kappa shape index (κ2) is 4.72. The Labute approximate surface area is 96.2 Å². The van der Waals surface area contributed by atoms with Gasteiger partial charge in [0.05, 0.1) is 0 Å². The highest BCUT2D eigenvalue weighted by Crippen LogP contribution is 2.63. The van der Waals surface area contributed by atoms with Crippen LogP contribution in [0.15, 0.2) is 11.6 Å². The predicted molar refractivity (Wildman–Crippen MR) is 69.0 cm³/mol. The second-order valence-electron chi connectivity index (χ2n) is 5.65. The van der Waals surface area contributed by atoms with Gasteiger partial charge in [-0.15, -0.1) is 0 Å². The van der Waals surface area contributed by atoms with Gasteiger partial charge in [-0.25, -0.2) is 0 Å². The van der Waals surface area contributed by atoms with Gasteiger partial charge in [-0.1, -0.05) is 59.1 Å². The molecule has 0 aromatic rings. The molecule has 0 aromatic carbocycles. The highest BCUT2D eigenvalue weighted by atomic mass is 14.6. The number of rotatable bonds is 5. The zero-order chi connectivity index (χ0) is 11.5. The van der Waals surface area contributed by atoms with Crippen molar-refractivity contribution in [3.8, 4) is 0 Å². The Bertz CT molecular complexity index is 238. The molecule has 88 valence electrons. The Morgan fingerprint density at radius 1 is 1.13 bits per heavy atom. The monoisotopic (exact) mass is 208 g/mol. The molecule has 0 radical (unpaired) electrons. The van der Waals surface area contributed by atoms with Gasteiger partial charge in [0.1, 0.15) is 0 Å². The maximum Gasteiger partial charge on any atom is -0.00621 e. The Morgan fingerprint density at radius 3 is 2.27 bits per heavy atom. The van der Waals surface area contributed by atoms with Crippen LogP contribution in [0, 0.1) is 10.8 Å². The predicted octanol–water partition coefficient (Wildman–Crippen LogP) is 5.34. The van der Waals surface area contributed by atoms with E-state index in [1.165, 1.54) is 38.5 Å². The van der Waals surface area contributed by atoms with Crippen LogP contribution in [-0.2, 0) is 0 Å². The van der Waals surface area contributed by atoms with Gasteiger partial charge in [-0.2, -0.15) is 0 Å². The van der Waals surface area contributed by atoms with Gasteiger partial charge in [0, 0.05) is 0 Å². The molecule has 2 unspecified atom stereocenters. The minimum atomic E-state index is 0.496. The summed E-state index contributed by atoms with van der Waals surface area (Å²) in [6, 6.07) is 0. The molecular formula is C15H28. The summed E-state index contributed by atoms with van der Waals surface area (Å²) in [6.07, 6.45) is 10.5. The summed E-state index contributed by atoms with van der Waals surface area (Å²) < 4.78 is 0. The van der Waals surface area contributed by atoms with Crippen LogP contribution in [0.2, 0.25) is 0 Å². The van der Waals surface area contributed by atoms with E-state index in [0.717, 1.165) is 0 Å². The maximum absolute atomic E-state index is 2.53. The minimum absolute atomic E-state index is 0.496. The first-order chi connectivity index (χ1) is 7.04. The number of hydrogen-bond donors (Lipinski definition) is 0. The Balaban J connectivity index is 2.68. The highest BCUT2D eigenvalue weighted by molar-refractivity contribution is 5.29. The lowest BCUT2D eigenvalue weighted by Gasteiger charge is -2.58. The molecular weight excluding hydrogens is 180 g/mol. The fourth-order valence-corrected chi connectivity index (χ4v) is 3.04. The first-order valence-corrected chi connectivity index (χ1v) is 6.73. The van der Waals surface area contributed by atoms with Crippen molar-refractivity contribution in [2.45, 2.75) is 73.1 Å². The molecule has 0 aliphatic heterocycles. The summed E-state index contributed by atoms with van der Waals surface area (Å²) in [6.45, 7) is 11.9. The van der Waals surface area contributed by atoms with Crippen molar-refractivity contribution < 1.29 is 0 Å². The zero-order valence-electron chi connectivity index (χ0n) is 11.3. The van der Waals surface area contributed by atoms with Crippen molar-refractivity contribution in [2.75, 3.05) is 0 Å². The highest BCUT2D eigenvalue weighted by Gasteiger charge is 2.53. The lowest BCUT2D eigenvalue weighted by Crippen LogP contribution is -2.48. The van der Waals surface area contributed by atoms with Gasteiger partial charge in [0.25, 0.3) is 0 Å². The van der Waals surface area contributed by atoms with Crippen molar-refractivity contribution in [3.63, 3.8) is 0 Å². The Kier molecular flexibility index (Phi) is 4.03. The molecule has 0 saturated heterocycles. The van der Waals surface area contributed by atoms with Gasteiger partial charge in [-0.05, 0) is 36.5 Å². The van der Waals surface area contributed by atoms with E-state index in [0.29, 0.717) is 10.8 Å². The number of hydrogen-bond acceptors (Lipinski definition) is 0. The largest absolute Gasteiger partial charge is 0.0847 e. The number of allylic oxidation sites excluding steroid dienone is 2. The van der Waals surface area contributed by atoms with Crippen molar-refractivity contribution >= 4 is 0 Å². The molecule has 0 N–H and O–H groups in total. The molecule has 1 saturated carbocycles. The van der Waals surface area contributed by atoms with Gasteiger partial charge in [0.2, 0.25) is 0 Å². The van der Waals surface area contributed by atoms with Crippen LogP contribution in [-0.4, -0.2) is 0 Å². The Morgan fingerprint density at radius 2 is 1.80 bits per heavy atom. The summed E-state index contributed by atoms with van der Waals surface area (Å²) >= 11 is 0. The second-order valence-corrected chi connectivity index (χ2v) is 5.65. The third kappa shape index (κ3) is 2.00. The summed E-state index contributed by atoms with van der Waals surface area (Å²) in [4.78, 5) is 0. The van der Waals surface area contributed by atoms with Crippen LogP contribution in [0.3, 0.4) is 0 Å². The molecule has 0 aromatic heterocycles. The van der Waals surface area contributed by atoms with Crippen LogP contribution >= 0.6 is 0 Å².